The Morgan fingerprint density at radius 2 is 2.09 bits per heavy atom. The number of hydrogen-bond donors (Lipinski definition) is 2. The summed E-state index contributed by atoms with van der Waals surface area (Å²) in [6, 6.07) is 0.430. The zero-order valence-electron chi connectivity index (χ0n) is 12.4. The summed E-state index contributed by atoms with van der Waals surface area (Å²) in [5, 5.41) is 16.0. The fourth-order valence-corrected chi connectivity index (χ4v) is 2.85. The Morgan fingerprint density at radius 3 is 2.77 bits per heavy atom. The molecular formula is C15H21N3O4. The van der Waals surface area contributed by atoms with Crippen LogP contribution < -0.4 is 5.32 Å². The van der Waals surface area contributed by atoms with Crippen LogP contribution in [0.25, 0.3) is 0 Å². The summed E-state index contributed by atoms with van der Waals surface area (Å²) >= 11 is 0. The van der Waals surface area contributed by atoms with E-state index in [1.54, 1.807) is 12.4 Å². The molecule has 7 heteroatoms. The van der Waals surface area contributed by atoms with Gasteiger partial charge in [0.1, 0.15) is 0 Å². The molecule has 3 rings (SSSR count). The van der Waals surface area contributed by atoms with Crippen LogP contribution in [0.1, 0.15) is 54.9 Å². The number of nitrogens with zero attached hydrogens (tertiary/aromatic N) is 2. The van der Waals surface area contributed by atoms with Crippen molar-refractivity contribution in [2.45, 2.75) is 56.8 Å². The van der Waals surface area contributed by atoms with Crippen molar-refractivity contribution in [2.75, 3.05) is 6.54 Å². The lowest BCUT2D eigenvalue weighted by molar-refractivity contribution is -0.158. The van der Waals surface area contributed by atoms with Crippen molar-refractivity contribution in [1.82, 2.24) is 15.1 Å². The summed E-state index contributed by atoms with van der Waals surface area (Å²) in [4.78, 5) is 23.0. The van der Waals surface area contributed by atoms with E-state index in [9.17, 15) is 9.59 Å². The molecule has 0 unspecified atom stereocenters. The molecule has 2 aliphatic rings. The smallest absolute Gasteiger partial charge is 0.332 e. The Kier molecular flexibility index (Phi) is 4.42. The van der Waals surface area contributed by atoms with Crippen molar-refractivity contribution >= 4 is 11.9 Å². The molecule has 22 heavy (non-hydrogen) atoms. The molecule has 1 amide bonds. The van der Waals surface area contributed by atoms with Gasteiger partial charge in [-0.3, -0.25) is 9.48 Å². The topological polar surface area (TPSA) is 93.5 Å². The third-order valence-electron chi connectivity index (χ3n) is 4.43. The van der Waals surface area contributed by atoms with E-state index in [1.807, 2.05) is 4.68 Å². The molecule has 2 N–H and O–H groups in total. The van der Waals surface area contributed by atoms with Gasteiger partial charge in [-0.1, -0.05) is 0 Å². The molecule has 120 valence electrons. The second kappa shape index (κ2) is 6.48. The Bertz CT molecular complexity index is 553. The summed E-state index contributed by atoms with van der Waals surface area (Å²) in [6.45, 7) is 0.331. The normalized spacial score (nSPS) is 25.5. The molecule has 7 nitrogen and oxygen atoms in total. The molecule has 1 aliphatic carbocycles. The van der Waals surface area contributed by atoms with E-state index in [1.165, 1.54) is 6.42 Å². The maximum atomic E-state index is 12.1. The van der Waals surface area contributed by atoms with Gasteiger partial charge in [0.15, 0.2) is 6.10 Å². The van der Waals surface area contributed by atoms with Gasteiger partial charge in [-0.05, 0) is 38.5 Å². The molecule has 2 heterocycles. The minimum Gasteiger partial charge on any atom is -0.479 e. The lowest BCUT2D eigenvalue weighted by Gasteiger charge is -2.27. The second-order valence-corrected chi connectivity index (χ2v) is 6.02. The third-order valence-corrected chi connectivity index (χ3v) is 4.43. The lowest BCUT2D eigenvalue weighted by atomic mass is 9.93. The number of carboxylic acid groups (broad SMARTS) is 1. The standard InChI is InChI=1S/C15H21N3O4/c19-14(10-7-17-18(9-10)11-3-1-4-11)16-8-12-5-2-6-13(22-12)15(20)21/h7,9,11-13H,1-6,8H2,(H,16,19)(H,20,21)/t12-,13+/m1/s1. The molecule has 0 aromatic carbocycles. The highest BCUT2D eigenvalue weighted by Gasteiger charge is 2.28. The lowest BCUT2D eigenvalue weighted by Crippen LogP contribution is -2.40. The van der Waals surface area contributed by atoms with Crippen LogP contribution in [0.4, 0.5) is 0 Å². The van der Waals surface area contributed by atoms with Gasteiger partial charge in [0, 0.05) is 12.7 Å². The van der Waals surface area contributed by atoms with Crippen LogP contribution in [0.15, 0.2) is 12.4 Å². The van der Waals surface area contributed by atoms with Gasteiger partial charge in [0.05, 0.1) is 23.9 Å². The van der Waals surface area contributed by atoms with Crippen LogP contribution in [-0.4, -0.2) is 45.5 Å². The van der Waals surface area contributed by atoms with Crippen molar-refractivity contribution in [2.24, 2.45) is 0 Å². The zero-order chi connectivity index (χ0) is 15.5. The summed E-state index contributed by atoms with van der Waals surface area (Å²) in [5.74, 6) is -1.12. The average molecular weight is 307 g/mol. The number of carboxylic acids is 1. The van der Waals surface area contributed by atoms with E-state index in [2.05, 4.69) is 10.4 Å². The van der Waals surface area contributed by atoms with Crippen molar-refractivity contribution in [1.29, 1.82) is 0 Å². The Morgan fingerprint density at radius 1 is 1.32 bits per heavy atom. The van der Waals surface area contributed by atoms with Gasteiger partial charge in [-0.15, -0.1) is 0 Å². The van der Waals surface area contributed by atoms with Crippen LogP contribution in [0.5, 0.6) is 0 Å². The molecule has 0 bridgehead atoms. The number of aromatic nitrogens is 2. The summed E-state index contributed by atoms with van der Waals surface area (Å²) in [6.07, 6.45) is 7.94. The van der Waals surface area contributed by atoms with Crippen LogP contribution >= 0.6 is 0 Å². The molecule has 1 aromatic rings. The number of rotatable bonds is 5. The van der Waals surface area contributed by atoms with E-state index >= 15 is 0 Å². The molecular weight excluding hydrogens is 286 g/mol. The van der Waals surface area contributed by atoms with Gasteiger partial charge >= 0.3 is 5.97 Å². The largest absolute Gasteiger partial charge is 0.479 e. The summed E-state index contributed by atoms with van der Waals surface area (Å²) in [5.41, 5.74) is 0.539. The molecule has 0 radical (unpaired) electrons. The first-order valence-corrected chi connectivity index (χ1v) is 7.84. The van der Waals surface area contributed by atoms with E-state index in [4.69, 9.17) is 9.84 Å². The molecule has 2 atom stereocenters. The van der Waals surface area contributed by atoms with E-state index < -0.39 is 12.1 Å². The quantitative estimate of drug-likeness (QED) is 0.856. The van der Waals surface area contributed by atoms with Gasteiger partial charge in [-0.25, -0.2) is 4.79 Å². The average Bonchev–Trinajstić information content (AvgIpc) is 2.92. The highest BCUT2D eigenvalue weighted by Crippen LogP contribution is 2.30. The van der Waals surface area contributed by atoms with Crippen LogP contribution in [-0.2, 0) is 9.53 Å². The van der Waals surface area contributed by atoms with Crippen LogP contribution in [0.3, 0.4) is 0 Å². The van der Waals surface area contributed by atoms with Crippen molar-refractivity contribution in [3.05, 3.63) is 18.0 Å². The second-order valence-electron chi connectivity index (χ2n) is 6.02. The minimum absolute atomic E-state index is 0.188. The first-order chi connectivity index (χ1) is 10.6. The van der Waals surface area contributed by atoms with Gasteiger partial charge in [-0.2, -0.15) is 5.10 Å². The maximum Gasteiger partial charge on any atom is 0.332 e. The monoisotopic (exact) mass is 307 g/mol. The third kappa shape index (κ3) is 3.30. The number of ether oxygens (including phenoxy) is 1. The Hall–Kier alpha value is -1.89. The SMILES string of the molecule is O=C(NC[C@H]1CCC[C@@H](C(=O)O)O1)c1cnn(C2CCC2)c1. The molecule has 1 aliphatic heterocycles. The zero-order valence-corrected chi connectivity index (χ0v) is 12.4. The van der Waals surface area contributed by atoms with Gasteiger partial charge in [0.25, 0.3) is 5.91 Å². The molecule has 1 aromatic heterocycles. The van der Waals surface area contributed by atoms with Gasteiger partial charge in [0.2, 0.25) is 0 Å². The summed E-state index contributed by atoms with van der Waals surface area (Å²) < 4.78 is 7.33. The fourth-order valence-electron chi connectivity index (χ4n) is 2.85. The Labute approximate surface area is 128 Å². The minimum atomic E-state index is -0.933. The predicted molar refractivity (Wildman–Crippen MR) is 77.6 cm³/mol. The van der Waals surface area contributed by atoms with E-state index in [0.717, 1.165) is 25.7 Å². The number of carbonyl (C=O) groups is 2. The predicted octanol–water partition coefficient (Wildman–Crippen LogP) is 1.36. The number of amides is 1. The molecule has 2 fully saturated rings. The summed E-state index contributed by atoms with van der Waals surface area (Å²) in [7, 11) is 0. The number of aliphatic carboxylic acids is 1. The van der Waals surface area contributed by atoms with Crippen molar-refractivity contribution in [3.63, 3.8) is 0 Å². The molecule has 1 saturated heterocycles. The van der Waals surface area contributed by atoms with Crippen LogP contribution in [0.2, 0.25) is 0 Å². The van der Waals surface area contributed by atoms with Gasteiger partial charge < -0.3 is 15.2 Å². The van der Waals surface area contributed by atoms with Crippen LogP contribution in [0, 0.1) is 0 Å². The van der Waals surface area contributed by atoms with Crippen molar-refractivity contribution < 1.29 is 19.4 Å². The molecule has 1 saturated carbocycles. The maximum absolute atomic E-state index is 12.1. The molecule has 0 spiro atoms. The first-order valence-electron chi connectivity index (χ1n) is 7.84. The Balaban J connectivity index is 1.49. The number of carbonyl (C=O) groups excluding carboxylic acids is 1. The fraction of sp³-hybridized carbons (Fsp3) is 0.667. The van der Waals surface area contributed by atoms with E-state index in [0.29, 0.717) is 24.6 Å². The first kappa shape index (κ1) is 15.0. The van der Waals surface area contributed by atoms with Crippen molar-refractivity contribution in [3.8, 4) is 0 Å². The van der Waals surface area contributed by atoms with E-state index in [-0.39, 0.29) is 12.0 Å². The number of hydrogen-bond acceptors (Lipinski definition) is 4. The number of nitrogens with one attached hydrogen (secondary N) is 1. The highest BCUT2D eigenvalue weighted by atomic mass is 16.5. The highest BCUT2D eigenvalue weighted by molar-refractivity contribution is 5.93.